The normalized spacial score (nSPS) is 10.6. The van der Waals surface area contributed by atoms with Gasteiger partial charge >= 0.3 is 0 Å². The molecule has 0 unspecified atom stereocenters. The minimum Gasteiger partial charge on any atom is -0.506 e. The van der Waals surface area contributed by atoms with Gasteiger partial charge in [-0.1, -0.05) is 6.08 Å². The van der Waals surface area contributed by atoms with Crippen LogP contribution in [0.5, 0.6) is 34.5 Å². The zero-order valence-corrected chi connectivity index (χ0v) is 17.7. The van der Waals surface area contributed by atoms with Crippen molar-refractivity contribution in [1.82, 2.24) is 0 Å². The van der Waals surface area contributed by atoms with E-state index in [0.29, 0.717) is 28.6 Å². The lowest BCUT2D eigenvalue weighted by Gasteiger charge is -2.13. The number of ether oxygens (including phenoxy) is 5. The highest BCUT2D eigenvalue weighted by atomic mass is 79.9. The number of phenolic OH excluding ortho intramolecular Hbond substituents is 1. The van der Waals surface area contributed by atoms with E-state index in [-0.39, 0.29) is 21.5 Å². The zero-order valence-electron chi connectivity index (χ0n) is 16.2. The Morgan fingerprint density at radius 2 is 1.39 bits per heavy atom. The van der Waals surface area contributed by atoms with Crippen LogP contribution in [0.25, 0.3) is 6.08 Å². The van der Waals surface area contributed by atoms with E-state index in [0.717, 1.165) is 0 Å². The number of phenols is 1. The Labute approximate surface area is 171 Å². The number of carbonyl (C=O) groups is 1. The van der Waals surface area contributed by atoms with Crippen LogP contribution in [0.4, 0.5) is 0 Å². The monoisotopic (exact) mass is 452 g/mol. The van der Waals surface area contributed by atoms with Gasteiger partial charge in [-0.15, -0.1) is 0 Å². The summed E-state index contributed by atoms with van der Waals surface area (Å²) in [6.07, 6.45) is 2.89. The van der Waals surface area contributed by atoms with Gasteiger partial charge in [0.15, 0.2) is 17.3 Å². The van der Waals surface area contributed by atoms with Crippen molar-refractivity contribution in [3.05, 3.63) is 39.9 Å². The van der Waals surface area contributed by atoms with Crippen LogP contribution in [0.3, 0.4) is 0 Å². The highest BCUT2D eigenvalue weighted by molar-refractivity contribution is 9.10. The standard InChI is InChI=1S/C20H21BrO7/c1-24-13-10-14(25-2)18(21)19(23)17(13)12(22)7-6-11-8-15(26-3)20(28-5)16(9-11)27-4/h6-10,23H,1-5H3/b7-6+. The summed E-state index contributed by atoms with van der Waals surface area (Å²) in [6.45, 7) is 0. The van der Waals surface area contributed by atoms with Gasteiger partial charge in [0.05, 0.1) is 35.5 Å². The summed E-state index contributed by atoms with van der Waals surface area (Å²) in [5, 5.41) is 10.4. The fourth-order valence-electron chi connectivity index (χ4n) is 2.60. The number of allylic oxidation sites excluding steroid dienone is 1. The molecule has 0 radical (unpaired) electrons. The lowest BCUT2D eigenvalue weighted by atomic mass is 10.1. The average Bonchev–Trinajstić information content (AvgIpc) is 2.72. The van der Waals surface area contributed by atoms with Crippen LogP contribution in [-0.4, -0.2) is 46.4 Å². The number of carbonyl (C=O) groups excluding carboxylic acids is 1. The third-order valence-corrected chi connectivity index (χ3v) is 4.74. The zero-order chi connectivity index (χ0) is 20.8. The molecule has 7 nitrogen and oxygen atoms in total. The Balaban J connectivity index is 2.46. The molecule has 0 heterocycles. The van der Waals surface area contributed by atoms with Crippen LogP contribution >= 0.6 is 15.9 Å². The van der Waals surface area contributed by atoms with Gasteiger partial charge in [0.1, 0.15) is 27.3 Å². The second-order valence-corrected chi connectivity index (χ2v) is 6.27. The number of methoxy groups -OCH3 is 5. The third-order valence-electron chi connectivity index (χ3n) is 3.97. The van der Waals surface area contributed by atoms with E-state index in [2.05, 4.69) is 15.9 Å². The van der Waals surface area contributed by atoms with Gasteiger partial charge in [-0.25, -0.2) is 0 Å². The van der Waals surface area contributed by atoms with Crippen LogP contribution in [-0.2, 0) is 0 Å². The molecular weight excluding hydrogens is 432 g/mol. The number of rotatable bonds is 8. The smallest absolute Gasteiger partial charge is 0.203 e. The van der Waals surface area contributed by atoms with Gasteiger partial charge < -0.3 is 28.8 Å². The first kappa shape index (κ1) is 21.4. The summed E-state index contributed by atoms with van der Waals surface area (Å²) < 4.78 is 26.5. The molecule has 0 saturated heterocycles. The summed E-state index contributed by atoms with van der Waals surface area (Å²) in [4.78, 5) is 12.7. The van der Waals surface area contributed by atoms with Crippen molar-refractivity contribution in [2.24, 2.45) is 0 Å². The molecule has 0 fully saturated rings. The maximum absolute atomic E-state index is 12.7. The highest BCUT2D eigenvalue weighted by Crippen LogP contribution is 2.43. The van der Waals surface area contributed by atoms with E-state index in [9.17, 15) is 9.90 Å². The van der Waals surface area contributed by atoms with Crippen LogP contribution in [0.15, 0.2) is 28.7 Å². The number of hydrogen-bond acceptors (Lipinski definition) is 7. The van der Waals surface area contributed by atoms with Gasteiger partial charge in [0.2, 0.25) is 5.75 Å². The molecule has 0 aliphatic heterocycles. The van der Waals surface area contributed by atoms with Crippen LogP contribution in [0, 0.1) is 0 Å². The maximum Gasteiger partial charge on any atom is 0.203 e. The predicted molar refractivity (Wildman–Crippen MR) is 108 cm³/mol. The molecule has 8 heteroatoms. The van der Waals surface area contributed by atoms with Gasteiger partial charge in [-0.3, -0.25) is 4.79 Å². The molecule has 0 aliphatic carbocycles. The molecule has 2 aromatic rings. The number of hydrogen-bond donors (Lipinski definition) is 1. The van der Waals surface area contributed by atoms with E-state index >= 15 is 0 Å². The minimum absolute atomic E-state index is 0.0128. The van der Waals surface area contributed by atoms with Crippen molar-refractivity contribution < 1.29 is 33.6 Å². The van der Waals surface area contributed by atoms with Crippen molar-refractivity contribution in [3.63, 3.8) is 0 Å². The molecule has 0 saturated carbocycles. The van der Waals surface area contributed by atoms with Crippen molar-refractivity contribution in [1.29, 1.82) is 0 Å². The number of benzene rings is 2. The SMILES string of the molecule is COc1cc(OC)c(C(=O)/C=C/c2cc(OC)c(OC)c(OC)c2)c(O)c1Br. The third kappa shape index (κ3) is 4.17. The summed E-state index contributed by atoms with van der Waals surface area (Å²) in [5.41, 5.74) is 0.660. The van der Waals surface area contributed by atoms with Crippen LogP contribution in [0.1, 0.15) is 15.9 Å². The first-order valence-corrected chi connectivity index (χ1v) is 8.86. The molecule has 0 bridgehead atoms. The molecule has 0 spiro atoms. The number of aromatic hydroxyl groups is 1. The first-order valence-electron chi connectivity index (χ1n) is 8.07. The molecule has 1 N–H and O–H groups in total. The number of halogens is 1. The van der Waals surface area contributed by atoms with E-state index in [1.807, 2.05) is 0 Å². The molecule has 0 atom stereocenters. The summed E-state index contributed by atoms with van der Waals surface area (Å²) >= 11 is 3.22. The topological polar surface area (TPSA) is 83.5 Å². The second-order valence-electron chi connectivity index (χ2n) is 5.47. The molecule has 150 valence electrons. The Kier molecular flexibility index (Phi) is 7.17. The number of ketones is 1. The summed E-state index contributed by atoms with van der Waals surface area (Å²) in [6, 6.07) is 4.92. The molecule has 0 amide bonds. The quantitative estimate of drug-likeness (QED) is 0.476. The lowest BCUT2D eigenvalue weighted by Crippen LogP contribution is -2.01. The fraction of sp³-hybridized carbons (Fsp3) is 0.250. The Morgan fingerprint density at radius 1 is 0.857 bits per heavy atom. The Bertz CT molecular complexity index is 881. The lowest BCUT2D eigenvalue weighted by molar-refractivity contribution is 0.104. The van der Waals surface area contributed by atoms with Crippen molar-refractivity contribution in [3.8, 4) is 34.5 Å². The molecule has 28 heavy (non-hydrogen) atoms. The van der Waals surface area contributed by atoms with Crippen molar-refractivity contribution in [2.45, 2.75) is 0 Å². The molecule has 0 aliphatic rings. The first-order chi connectivity index (χ1) is 13.4. The highest BCUT2D eigenvalue weighted by Gasteiger charge is 2.22. The van der Waals surface area contributed by atoms with E-state index in [4.69, 9.17) is 23.7 Å². The van der Waals surface area contributed by atoms with Crippen LogP contribution in [0.2, 0.25) is 0 Å². The molecule has 0 aromatic heterocycles. The summed E-state index contributed by atoms with van der Waals surface area (Å²) in [7, 11) is 7.38. The fourth-order valence-corrected chi connectivity index (χ4v) is 3.07. The predicted octanol–water partition coefficient (Wildman–Crippen LogP) is 4.09. The Hall–Kier alpha value is -2.87. The van der Waals surface area contributed by atoms with E-state index < -0.39 is 5.78 Å². The molecule has 2 aromatic carbocycles. The van der Waals surface area contributed by atoms with Gasteiger partial charge in [0, 0.05) is 6.07 Å². The van der Waals surface area contributed by atoms with Crippen molar-refractivity contribution >= 4 is 27.8 Å². The van der Waals surface area contributed by atoms with Crippen molar-refractivity contribution in [2.75, 3.05) is 35.5 Å². The average molecular weight is 453 g/mol. The minimum atomic E-state index is -0.452. The Morgan fingerprint density at radius 3 is 1.86 bits per heavy atom. The van der Waals surface area contributed by atoms with Crippen LogP contribution < -0.4 is 23.7 Å². The second kappa shape index (κ2) is 9.36. The largest absolute Gasteiger partial charge is 0.506 e. The van der Waals surface area contributed by atoms with E-state index in [1.165, 1.54) is 47.7 Å². The van der Waals surface area contributed by atoms with Gasteiger partial charge in [-0.05, 0) is 39.7 Å². The molecular formula is C20H21BrO7. The maximum atomic E-state index is 12.7. The van der Waals surface area contributed by atoms with Gasteiger partial charge in [-0.2, -0.15) is 0 Å². The van der Waals surface area contributed by atoms with E-state index in [1.54, 1.807) is 18.2 Å². The summed E-state index contributed by atoms with van der Waals surface area (Å²) in [5.74, 6) is 1.19. The molecule has 2 rings (SSSR count). The van der Waals surface area contributed by atoms with Gasteiger partial charge in [0.25, 0.3) is 0 Å².